The molecule has 18 heavy (non-hydrogen) atoms. The van der Waals surface area contributed by atoms with E-state index in [9.17, 15) is 0 Å². The standard InChI is InChI=1S/C13H15BrN2O2/c1-2-16-10-13(9-15-16)18-8-7-17-12-5-3-11(14)4-6-12/h3-6,9-10H,2,7-8H2,1H3. The first kappa shape index (κ1) is 13.0. The van der Waals surface area contributed by atoms with Crippen LogP contribution in [0.5, 0.6) is 11.5 Å². The highest BCUT2D eigenvalue weighted by atomic mass is 79.9. The summed E-state index contributed by atoms with van der Waals surface area (Å²) in [4.78, 5) is 0. The number of hydrogen-bond donors (Lipinski definition) is 0. The van der Waals surface area contributed by atoms with Crippen molar-refractivity contribution in [1.29, 1.82) is 0 Å². The molecule has 0 saturated carbocycles. The van der Waals surface area contributed by atoms with Crippen LogP contribution in [-0.4, -0.2) is 23.0 Å². The normalized spacial score (nSPS) is 10.3. The summed E-state index contributed by atoms with van der Waals surface area (Å²) in [5.41, 5.74) is 0. The Hall–Kier alpha value is -1.49. The lowest BCUT2D eigenvalue weighted by Gasteiger charge is -2.06. The van der Waals surface area contributed by atoms with Crippen molar-refractivity contribution in [2.75, 3.05) is 13.2 Å². The molecule has 0 atom stereocenters. The van der Waals surface area contributed by atoms with Gasteiger partial charge in [-0.2, -0.15) is 5.10 Å². The first-order valence-corrected chi connectivity index (χ1v) is 6.61. The molecule has 0 amide bonds. The van der Waals surface area contributed by atoms with E-state index >= 15 is 0 Å². The van der Waals surface area contributed by atoms with E-state index in [1.54, 1.807) is 6.20 Å². The Morgan fingerprint density at radius 2 is 1.78 bits per heavy atom. The van der Waals surface area contributed by atoms with Crippen LogP contribution in [0.1, 0.15) is 6.92 Å². The van der Waals surface area contributed by atoms with Gasteiger partial charge < -0.3 is 9.47 Å². The summed E-state index contributed by atoms with van der Waals surface area (Å²) in [6.45, 7) is 3.90. The maximum Gasteiger partial charge on any atom is 0.157 e. The van der Waals surface area contributed by atoms with Gasteiger partial charge in [0.2, 0.25) is 0 Å². The van der Waals surface area contributed by atoms with Gasteiger partial charge in [-0.3, -0.25) is 4.68 Å². The smallest absolute Gasteiger partial charge is 0.157 e. The maximum absolute atomic E-state index is 5.54. The van der Waals surface area contributed by atoms with Gasteiger partial charge in [-0.05, 0) is 31.2 Å². The topological polar surface area (TPSA) is 36.3 Å². The van der Waals surface area contributed by atoms with Crippen LogP contribution in [0.3, 0.4) is 0 Å². The summed E-state index contributed by atoms with van der Waals surface area (Å²) in [6, 6.07) is 7.72. The van der Waals surface area contributed by atoms with Crippen LogP contribution in [0, 0.1) is 0 Å². The SMILES string of the molecule is CCn1cc(OCCOc2ccc(Br)cc2)cn1. The zero-order valence-corrected chi connectivity index (χ0v) is 11.8. The van der Waals surface area contributed by atoms with Crippen molar-refractivity contribution in [2.24, 2.45) is 0 Å². The molecule has 0 fully saturated rings. The number of hydrogen-bond acceptors (Lipinski definition) is 3. The summed E-state index contributed by atoms with van der Waals surface area (Å²) in [6.07, 6.45) is 3.59. The minimum absolute atomic E-state index is 0.505. The zero-order valence-electron chi connectivity index (χ0n) is 10.2. The van der Waals surface area contributed by atoms with Crippen LogP contribution < -0.4 is 9.47 Å². The molecule has 2 rings (SSSR count). The Labute approximate surface area is 115 Å². The minimum Gasteiger partial charge on any atom is -0.490 e. The first-order chi connectivity index (χ1) is 8.78. The summed E-state index contributed by atoms with van der Waals surface area (Å²) in [5, 5.41) is 4.13. The third-order valence-electron chi connectivity index (χ3n) is 2.37. The van der Waals surface area contributed by atoms with E-state index in [1.165, 1.54) is 0 Å². The summed E-state index contributed by atoms with van der Waals surface area (Å²) in [7, 11) is 0. The van der Waals surface area contributed by atoms with Gasteiger partial charge >= 0.3 is 0 Å². The lowest BCUT2D eigenvalue weighted by Crippen LogP contribution is -2.08. The van der Waals surface area contributed by atoms with Crippen LogP contribution in [0.15, 0.2) is 41.1 Å². The van der Waals surface area contributed by atoms with E-state index < -0.39 is 0 Å². The molecule has 0 aliphatic carbocycles. The number of halogens is 1. The van der Waals surface area contributed by atoms with Gasteiger partial charge in [0.1, 0.15) is 19.0 Å². The zero-order chi connectivity index (χ0) is 12.8. The van der Waals surface area contributed by atoms with Crippen molar-refractivity contribution in [3.05, 3.63) is 41.1 Å². The molecule has 0 aliphatic heterocycles. The average molecular weight is 311 g/mol. The second-order valence-corrected chi connectivity index (χ2v) is 4.60. The fourth-order valence-electron chi connectivity index (χ4n) is 1.44. The molecule has 1 heterocycles. The number of benzene rings is 1. The highest BCUT2D eigenvalue weighted by Gasteiger charge is 1.98. The van der Waals surface area contributed by atoms with Crippen LogP contribution in [0.25, 0.3) is 0 Å². The van der Waals surface area contributed by atoms with E-state index in [2.05, 4.69) is 21.0 Å². The third-order valence-corrected chi connectivity index (χ3v) is 2.90. The molecule has 4 nitrogen and oxygen atoms in total. The fraction of sp³-hybridized carbons (Fsp3) is 0.308. The number of ether oxygens (including phenoxy) is 2. The van der Waals surface area contributed by atoms with Crippen LogP contribution >= 0.6 is 15.9 Å². The monoisotopic (exact) mass is 310 g/mol. The number of rotatable bonds is 6. The number of aryl methyl sites for hydroxylation is 1. The van der Waals surface area contributed by atoms with Crippen molar-refractivity contribution >= 4 is 15.9 Å². The quantitative estimate of drug-likeness (QED) is 0.769. The van der Waals surface area contributed by atoms with Crippen molar-refractivity contribution in [3.8, 4) is 11.5 Å². The number of nitrogens with zero attached hydrogens (tertiary/aromatic N) is 2. The van der Waals surface area contributed by atoms with E-state index in [4.69, 9.17) is 9.47 Å². The van der Waals surface area contributed by atoms with Gasteiger partial charge in [-0.15, -0.1) is 0 Å². The fourth-order valence-corrected chi connectivity index (χ4v) is 1.71. The molecule has 5 heteroatoms. The maximum atomic E-state index is 5.54. The van der Waals surface area contributed by atoms with Crippen molar-refractivity contribution in [1.82, 2.24) is 9.78 Å². The molecule has 0 saturated heterocycles. The molecule has 0 N–H and O–H groups in total. The molecule has 0 radical (unpaired) electrons. The Morgan fingerprint density at radius 1 is 1.11 bits per heavy atom. The van der Waals surface area contributed by atoms with Gasteiger partial charge in [0.25, 0.3) is 0 Å². The van der Waals surface area contributed by atoms with E-state index in [-0.39, 0.29) is 0 Å². The highest BCUT2D eigenvalue weighted by Crippen LogP contribution is 2.16. The van der Waals surface area contributed by atoms with E-state index in [1.807, 2.05) is 42.1 Å². The van der Waals surface area contributed by atoms with Gasteiger partial charge in [-0.1, -0.05) is 15.9 Å². The lowest BCUT2D eigenvalue weighted by atomic mass is 10.3. The van der Waals surface area contributed by atoms with Crippen LogP contribution in [0.4, 0.5) is 0 Å². The molecule has 0 aliphatic rings. The van der Waals surface area contributed by atoms with Crippen LogP contribution in [0.2, 0.25) is 0 Å². The summed E-state index contributed by atoms with van der Waals surface area (Å²) < 4.78 is 13.9. The van der Waals surface area contributed by atoms with Crippen molar-refractivity contribution in [2.45, 2.75) is 13.5 Å². The highest BCUT2D eigenvalue weighted by molar-refractivity contribution is 9.10. The molecule has 0 spiro atoms. The van der Waals surface area contributed by atoms with Gasteiger partial charge in [0.15, 0.2) is 5.75 Å². The van der Waals surface area contributed by atoms with E-state index in [0.717, 1.165) is 22.5 Å². The molecule has 2 aromatic rings. The minimum atomic E-state index is 0.505. The summed E-state index contributed by atoms with van der Waals surface area (Å²) in [5.74, 6) is 1.61. The molecule has 0 bridgehead atoms. The summed E-state index contributed by atoms with van der Waals surface area (Å²) >= 11 is 3.38. The molecule has 1 aromatic carbocycles. The number of aromatic nitrogens is 2. The average Bonchev–Trinajstić information content (AvgIpc) is 2.85. The molecule has 0 unspecified atom stereocenters. The Morgan fingerprint density at radius 3 is 2.39 bits per heavy atom. The molecule has 1 aromatic heterocycles. The van der Waals surface area contributed by atoms with Gasteiger partial charge in [0, 0.05) is 11.0 Å². The van der Waals surface area contributed by atoms with Gasteiger partial charge in [0.05, 0.1) is 12.4 Å². The lowest BCUT2D eigenvalue weighted by molar-refractivity contribution is 0.217. The Bertz CT molecular complexity index is 482. The predicted molar refractivity (Wildman–Crippen MR) is 73.0 cm³/mol. The second kappa shape index (κ2) is 6.44. The first-order valence-electron chi connectivity index (χ1n) is 5.81. The van der Waals surface area contributed by atoms with Crippen molar-refractivity contribution in [3.63, 3.8) is 0 Å². The van der Waals surface area contributed by atoms with E-state index in [0.29, 0.717) is 13.2 Å². The largest absolute Gasteiger partial charge is 0.490 e. The Kier molecular flexibility index (Phi) is 4.64. The third kappa shape index (κ3) is 3.77. The van der Waals surface area contributed by atoms with Crippen molar-refractivity contribution < 1.29 is 9.47 Å². The molecular weight excluding hydrogens is 296 g/mol. The van der Waals surface area contributed by atoms with Crippen LogP contribution in [-0.2, 0) is 6.54 Å². The van der Waals surface area contributed by atoms with Gasteiger partial charge in [-0.25, -0.2) is 0 Å². The molecular formula is C13H15BrN2O2. The second-order valence-electron chi connectivity index (χ2n) is 3.68. The Balaban J connectivity index is 1.71. The molecule has 96 valence electrons. The predicted octanol–water partition coefficient (Wildman–Crippen LogP) is 3.12.